The summed E-state index contributed by atoms with van der Waals surface area (Å²) in [5.74, 6) is 0. The molecule has 1 aliphatic heterocycles. The van der Waals surface area contributed by atoms with Crippen LogP contribution in [0.3, 0.4) is 0 Å². The third-order valence-electron chi connectivity index (χ3n) is 6.46. The standard InChI is InChI=1S/C11H20NO2.3C4H9.Sn/c1-10(2)7-6-8-11(3,4)12(10)9(13)14-5;3*1-3-4-2;/h5-8H2,1-4H3;3*1,3-4H2,2H3;/i5D;;;;. The molecule has 0 aromatic heterocycles. The van der Waals surface area contributed by atoms with E-state index in [1.54, 1.807) is 0 Å². The summed E-state index contributed by atoms with van der Waals surface area (Å²) >= 11 is -2.89. The first-order chi connectivity index (χ1) is 13.1. The van der Waals surface area contributed by atoms with Crippen molar-refractivity contribution >= 4 is 24.5 Å². The Balaban J connectivity index is 3.05. The van der Waals surface area contributed by atoms with Gasteiger partial charge in [0.15, 0.2) is 0 Å². The maximum atomic E-state index is 13.3. The topological polar surface area (TPSA) is 29.5 Å². The molecule has 0 spiro atoms. The molecule has 3 nitrogen and oxygen atoms in total. The quantitative estimate of drug-likeness (QED) is 0.281. The summed E-state index contributed by atoms with van der Waals surface area (Å²) in [5, 5.41) is 0. The van der Waals surface area contributed by atoms with E-state index in [-0.39, 0.29) is 17.2 Å². The van der Waals surface area contributed by atoms with E-state index in [4.69, 9.17) is 6.11 Å². The number of likely N-dealkylation sites (tertiary alicyclic amines) is 1. The number of carbonyl (C=O) groups excluding carboxylic acids is 1. The molecule has 1 saturated heterocycles. The molecule has 1 amide bonds. The van der Waals surface area contributed by atoms with Crippen molar-refractivity contribution in [1.82, 2.24) is 4.90 Å². The van der Waals surface area contributed by atoms with Crippen molar-refractivity contribution in [2.75, 3.05) is 4.60 Å². The predicted octanol–water partition coefficient (Wildman–Crippen LogP) is 7.55. The van der Waals surface area contributed by atoms with Gasteiger partial charge in [0.05, 0.1) is 0 Å². The second kappa shape index (κ2) is 11.3. The van der Waals surface area contributed by atoms with E-state index in [0.29, 0.717) is 0 Å². The third-order valence-corrected chi connectivity index (χ3v) is 19.8. The van der Waals surface area contributed by atoms with E-state index in [2.05, 4.69) is 48.5 Å². The molecule has 0 unspecified atom stereocenters. The zero-order valence-electron chi connectivity index (χ0n) is 20.3. The molecule has 0 aromatic carbocycles. The van der Waals surface area contributed by atoms with Gasteiger partial charge < -0.3 is 0 Å². The van der Waals surface area contributed by atoms with Gasteiger partial charge in [0.2, 0.25) is 0 Å². The first-order valence-electron chi connectivity index (χ1n) is 12.1. The van der Waals surface area contributed by atoms with Crippen LogP contribution >= 0.6 is 0 Å². The zero-order chi connectivity index (χ0) is 21.4. The van der Waals surface area contributed by atoms with Crippen LogP contribution in [0.5, 0.6) is 0 Å². The van der Waals surface area contributed by atoms with Crippen LogP contribution in [-0.4, -0.2) is 45.0 Å². The summed E-state index contributed by atoms with van der Waals surface area (Å²) in [4.78, 5) is 15.3. The van der Waals surface area contributed by atoms with E-state index in [9.17, 15) is 4.79 Å². The van der Waals surface area contributed by atoms with Crippen molar-refractivity contribution in [3.8, 4) is 0 Å². The van der Waals surface area contributed by atoms with E-state index in [1.165, 1.54) is 51.8 Å². The Bertz CT molecular complexity index is 443. The molecule has 0 saturated carbocycles. The van der Waals surface area contributed by atoms with Crippen LogP contribution in [-0.2, 0) is 4.74 Å². The maximum absolute atomic E-state index is 13.3. The molecule has 1 fully saturated rings. The van der Waals surface area contributed by atoms with Gasteiger partial charge in [0.25, 0.3) is 0 Å². The van der Waals surface area contributed by atoms with Crippen LogP contribution in [0.25, 0.3) is 0 Å². The summed E-state index contributed by atoms with van der Waals surface area (Å²) in [7, 11) is 0. The predicted molar refractivity (Wildman–Crippen MR) is 120 cm³/mol. The molecule has 0 radical (unpaired) electrons. The third kappa shape index (κ3) is 7.43. The van der Waals surface area contributed by atoms with Crippen molar-refractivity contribution < 1.29 is 10.9 Å². The van der Waals surface area contributed by atoms with Gasteiger partial charge in [-0.1, -0.05) is 0 Å². The molecule has 1 heterocycles. The first-order valence-corrected chi connectivity index (χ1v) is 19.2. The van der Waals surface area contributed by atoms with E-state index in [0.717, 1.165) is 19.3 Å². The fraction of sp³-hybridized carbons (Fsp3) is 0.957. The Morgan fingerprint density at radius 2 is 1.33 bits per heavy atom. The minimum absolute atomic E-state index is 0.201. The molecule has 1 atom stereocenters. The fourth-order valence-corrected chi connectivity index (χ4v) is 18.1. The summed E-state index contributed by atoms with van der Waals surface area (Å²) in [6.07, 6.45) is 10.00. The van der Waals surface area contributed by atoms with Gasteiger partial charge in [-0.2, -0.15) is 0 Å². The van der Waals surface area contributed by atoms with Crippen LogP contribution in [0.15, 0.2) is 0 Å². The summed E-state index contributed by atoms with van der Waals surface area (Å²) in [5.41, 5.74) is -0.403. The molecule has 4 heteroatoms. The minimum atomic E-state index is -2.89. The molecule has 0 aromatic rings. The second-order valence-corrected chi connectivity index (χ2v) is 22.7. The number of hydrogen-bond acceptors (Lipinski definition) is 2. The van der Waals surface area contributed by atoms with E-state index < -0.39 is 23.0 Å². The first kappa shape index (κ1) is 23.3. The van der Waals surface area contributed by atoms with Crippen LogP contribution in [0.1, 0.15) is 108 Å². The van der Waals surface area contributed by atoms with Gasteiger partial charge in [-0.3, -0.25) is 0 Å². The normalized spacial score (nSPS) is 20.9. The summed E-state index contributed by atoms with van der Waals surface area (Å²) in [6, 6.07) is 0. The number of hydrogen-bond donors (Lipinski definition) is 0. The van der Waals surface area contributed by atoms with Gasteiger partial charge in [0, 0.05) is 0 Å². The summed E-state index contributed by atoms with van der Waals surface area (Å²) in [6.45, 7) is 15.3. The Hall–Kier alpha value is 0.0687. The van der Waals surface area contributed by atoms with Gasteiger partial charge in [-0.05, 0) is 0 Å². The van der Waals surface area contributed by atoms with Crippen molar-refractivity contribution in [1.29, 1.82) is 0 Å². The molecule has 160 valence electrons. The van der Waals surface area contributed by atoms with Crippen LogP contribution < -0.4 is 0 Å². The van der Waals surface area contributed by atoms with Gasteiger partial charge in [-0.25, -0.2) is 0 Å². The summed E-state index contributed by atoms with van der Waals surface area (Å²) < 4.78 is 18.1. The van der Waals surface area contributed by atoms with Crippen LogP contribution in [0.2, 0.25) is 13.3 Å². The van der Waals surface area contributed by atoms with Gasteiger partial charge in [0.1, 0.15) is 0 Å². The zero-order valence-corrected chi connectivity index (χ0v) is 22.2. The molecule has 0 N–H and O–H groups in total. The molecular weight excluding hydrogens is 441 g/mol. The van der Waals surface area contributed by atoms with E-state index >= 15 is 0 Å². The van der Waals surface area contributed by atoms with Crippen molar-refractivity contribution in [3.63, 3.8) is 0 Å². The number of rotatable bonds is 11. The number of unbranched alkanes of at least 4 members (excludes halogenated alkanes) is 3. The number of amides is 1. The van der Waals surface area contributed by atoms with Crippen molar-refractivity contribution in [3.05, 3.63) is 0 Å². The average Bonchev–Trinajstić information content (AvgIpc) is 2.59. The average molecular weight is 489 g/mol. The van der Waals surface area contributed by atoms with Crippen molar-refractivity contribution in [2.24, 2.45) is 0 Å². The molecule has 0 aliphatic carbocycles. The van der Waals surface area contributed by atoms with Gasteiger partial charge >= 0.3 is 176 Å². The number of ether oxygens (including phenoxy) is 1. The Morgan fingerprint density at radius 1 is 0.926 bits per heavy atom. The molecule has 1 rings (SSSR count). The monoisotopic (exact) mass is 490 g/mol. The van der Waals surface area contributed by atoms with Crippen LogP contribution in [0, 0.1) is 0 Å². The Morgan fingerprint density at radius 3 is 1.70 bits per heavy atom. The van der Waals surface area contributed by atoms with E-state index in [1.807, 2.05) is 4.90 Å². The molecule has 1 aliphatic rings. The Kier molecular flexibility index (Phi) is 9.78. The Labute approximate surface area is 175 Å². The fourth-order valence-electron chi connectivity index (χ4n) is 4.86. The molecule has 27 heavy (non-hydrogen) atoms. The number of piperidine rings is 1. The van der Waals surface area contributed by atoms with Crippen LogP contribution in [0.4, 0.5) is 4.79 Å². The van der Waals surface area contributed by atoms with Gasteiger partial charge in [-0.15, -0.1) is 0 Å². The van der Waals surface area contributed by atoms with Crippen molar-refractivity contribution in [2.45, 2.75) is 131 Å². The molecule has 0 bridgehead atoms. The number of carbonyl (C=O) groups is 1. The second-order valence-electron chi connectivity index (χ2n) is 9.99. The molecular formula is C23H47NO2Sn. The SMILES string of the molecule is [2H][C@@H](OC(=O)N1C(C)(C)CCCC1(C)C)[Sn]([CH2]CCC)([CH2]CCC)[CH2]CCC. The number of nitrogens with zero attached hydrogens (tertiary/aromatic N) is 1.